The van der Waals surface area contributed by atoms with Crippen LogP contribution in [0.5, 0.6) is 0 Å². The molecule has 0 aromatic heterocycles. The second-order valence-corrected chi connectivity index (χ2v) is 7.14. The van der Waals surface area contributed by atoms with Gasteiger partial charge in [-0.05, 0) is 32.8 Å². The highest BCUT2D eigenvalue weighted by Crippen LogP contribution is 2.19. The predicted molar refractivity (Wildman–Crippen MR) is 91.8 cm³/mol. The maximum absolute atomic E-state index is 12.3. The Balaban J connectivity index is 1.99. The van der Waals surface area contributed by atoms with E-state index < -0.39 is 23.6 Å². The van der Waals surface area contributed by atoms with Crippen molar-refractivity contribution < 1.29 is 23.9 Å². The molecule has 25 heavy (non-hydrogen) atoms. The molecule has 0 aliphatic carbocycles. The van der Waals surface area contributed by atoms with Crippen molar-refractivity contribution in [1.29, 1.82) is 0 Å². The molecule has 1 aromatic carbocycles. The third-order valence-electron chi connectivity index (χ3n) is 3.80. The van der Waals surface area contributed by atoms with Crippen LogP contribution in [0.3, 0.4) is 0 Å². The molecule has 1 amide bonds. The molecule has 2 rings (SSSR count). The first-order valence-electron chi connectivity index (χ1n) is 8.47. The van der Waals surface area contributed by atoms with Crippen molar-refractivity contribution in [3.05, 3.63) is 35.9 Å². The number of carbonyl (C=O) groups excluding carboxylic acids is 3. The van der Waals surface area contributed by atoms with Gasteiger partial charge >= 0.3 is 12.1 Å². The van der Waals surface area contributed by atoms with Crippen molar-refractivity contribution in [2.75, 3.05) is 13.1 Å². The number of carbonyl (C=O) groups is 3. The Morgan fingerprint density at radius 3 is 2.52 bits per heavy atom. The van der Waals surface area contributed by atoms with Gasteiger partial charge in [0.1, 0.15) is 23.9 Å². The minimum absolute atomic E-state index is 0.00136. The molecule has 6 nitrogen and oxygen atoms in total. The fourth-order valence-corrected chi connectivity index (χ4v) is 2.59. The average molecular weight is 347 g/mol. The maximum atomic E-state index is 12.3. The molecule has 1 aromatic rings. The monoisotopic (exact) mass is 347 g/mol. The molecule has 1 saturated heterocycles. The van der Waals surface area contributed by atoms with Gasteiger partial charge in [0.25, 0.3) is 0 Å². The molecule has 1 fully saturated rings. The minimum atomic E-state index is -0.953. The summed E-state index contributed by atoms with van der Waals surface area (Å²) in [5, 5.41) is 0. The highest BCUT2D eigenvalue weighted by Gasteiger charge is 2.36. The Morgan fingerprint density at radius 2 is 1.88 bits per heavy atom. The maximum Gasteiger partial charge on any atom is 0.410 e. The van der Waals surface area contributed by atoms with Gasteiger partial charge in [-0.15, -0.1) is 0 Å². The summed E-state index contributed by atoms with van der Waals surface area (Å²) in [5.74, 6) is -1.72. The normalized spacial score (nSPS) is 18.4. The predicted octanol–water partition coefficient (Wildman–Crippen LogP) is 2.95. The van der Waals surface area contributed by atoms with Gasteiger partial charge in [0.05, 0.1) is 0 Å². The zero-order valence-corrected chi connectivity index (χ0v) is 15.0. The average Bonchev–Trinajstić information content (AvgIpc) is 2.74. The van der Waals surface area contributed by atoms with Crippen LogP contribution in [0.4, 0.5) is 4.79 Å². The number of likely N-dealkylation sites (tertiary alicyclic amines) is 1. The van der Waals surface area contributed by atoms with Crippen molar-refractivity contribution in [3.8, 4) is 0 Å². The molecule has 0 N–H and O–H groups in total. The Labute approximate surface area is 148 Å². The van der Waals surface area contributed by atoms with Crippen LogP contribution in [-0.4, -0.2) is 41.4 Å². The van der Waals surface area contributed by atoms with Gasteiger partial charge in [-0.3, -0.25) is 9.59 Å². The van der Waals surface area contributed by atoms with Crippen molar-refractivity contribution in [3.63, 3.8) is 0 Å². The number of esters is 1. The minimum Gasteiger partial charge on any atom is -0.459 e. The number of Topliss-reactive ketones (excluding diaryl/α,β-unsaturated/α-hetero) is 1. The first kappa shape index (κ1) is 19.0. The van der Waals surface area contributed by atoms with Gasteiger partial charge in [-0.25, -0.2) is 4.79 Å². The highest BCUT2D eigenvalue weighted by atomic mass is 16.6. The third kappa shape index (κ3) is 5.89. The number of benzene rings is 1. The first-order valence-corrected chi connectivity index (χ1v) is 8.47. The lowest BCUT2D eigenvalue weighted by Crippen LogP contribution is -2.41. The van der Waals surface area contributed by atoms with Crippen LogP contribution < -0.4 is 0 Å². The molecular weight excluding hydrogens is 322 g/mol. The van der Waals surface area contributed by atoms with Gasteiger partial charge < -0.3 is 14.4 Å². The summed E-state index contributed by atoms with van der Waals surface area (Å²) in [5.41, 5.74) is 0.202. The lowest BCUT2D eigenvalue weighted by Gasteiger charge is -2.25. The molecular formula is C19H25NO5. The second-order valence-electron chi connectivity index (χ2n) is 7.14. The fraction of sp³-hybridized carbons (Fsp3) is 0.526. The van der Waals surface area contributed by atoms with Crippen molar-refractivity contribution in [2.45, 2.75) is 45.8 Å². The van der Waals surface area contributed by atoms with E-state index in [9.17, 15) is 14.4 Å². The Kier molecular flexibility index (Phi) is 6.17. The first-order chi connectivity index (χ1) is 11.8. The number of hydrogen-bond acceptors (Lipinski definition) is 5. The molecule has 136 valence electrons. The van der Waals surface area contributed by atoms with E-state index in [0.29, 0.717) is 13.0 Å². The molecule has 1 heterocycles. The summed E-state index contributed by atoms with van der Waals surface area (Å²) in [6.45, 7) is 5.79. The van der Waals surface area contributed by atoms with E-state index in [1.165, 1.54) is 4.90 Å². The van der Waals surface area contributed by atoms with Crippen LogP contribution in [0.1, 0.15) is 39.2 Å². The van der Waals surface area contributed by atoms with Gasteiger partial charge in [0.2, 0.25) is 0 Å². The molecule has 0 radical (unpaired) electrons. The largest absolute Gasteiger partial charge is 0.459 e. The quantitative estimate of drug-likeness (QED) is 0.621. The molecule has 1 aliphatic heterocycles. The molecule has 0 spiro atoms. The smallest absolute Gasteiger partial charge is 0.410 e. The van der Waals surface area contributed by atoms with Gasteiger partial charge in [0.15, 0.2) is 0 Å². The van der Waals surface area contributed by atoms with Crippen molar-refractivity contribution >= 4 is 17.8 Å². The zero-order valence-electron chi connectivity index (χ0n) is 15.0. The van der Waals surface area contributed by atoms with E-state index in [-0.39, 0.29) is 25.4 Å². The van der Waals surface area contributed by atoms with Gasteiger partial charge in [-0.2, -0.15) is 0 Å². The van der Waals surface area contributed by atoms with Crippen LogP contribution in [0.2, 0.25) is 0 Å². The lowest BCUT2D eigenvalue weighted by atomic mass is 10.0. The van der Waals surface area contributed by atoms with Crippen molar-refractivity contribution in [2.24, 2.45) is 5.92 Å². The Bertz CT molecular complexity index is 620. The summed E-state index contributed by atoms with van der Waals surface area (Å²) in [4.78, 5) is 38.3. The van der Waals surface area contributed by atoms with Gasteiger partial charge in [-0.1, -0.05) is 30.3 Å². The van der Waals surface area contributed by atoms with Crippen LogP contribution >= 0.6 is 0 Å². The summed E-state index contributed by atoms with van der Waals surface area (Å²) < 4.78 is 10.6. The number of nitrogens with zero attached hydrogens (tertiary/aromatic N) is 1. The van der Waals surface area contributed by atoms with Crippen LogP contribution in [0.25, 0.3) is 0 Å². The van der Waals surface area contributed by atoms with E-state index in [2.05, 4.69) is 0 Å². The van der Waals surface area contributed by atoms with E-state index in [4.69, 9.17) is 9.47 Å². The molecule has 0 saturated carbocycles. The topological polar surface area (TPSA) is 72.9 Å². The highest BCUT2D eigenvalue weighted by molar-refractivity contribution is 6.00. The number of rotatable bonds is 3. The summed E-state index contributed by atoms with van der Waals surface area (Å²) in [6, 6.07) is 9.35. The second kappa shape index (κ2) is 8.14. The summed E-state index contributed by atoms with van der Waals surface area (Å²) in [7, 11) is 0. The summed E-state index contributed by atoms with van der Waals surface area (Å²) >= 11 is 0. The number of ketones is 1. The number of hydrogen-bond donors (Lipinski definition) is 0. The van der Waals surface area contributed by atoms with Crippen LogP contribution in [0.15, 0.2) is 30.3 Å². The molecule has 1 atom stereocenters. The lowest BCUT2D eigenvalue weighted by molar-refractivity contribution is -0.162. The number of amides is 1. The van der Waals surface area contributed by atoms with E-state index in [1.54, 1.807) is 20.8 Å². The van der Waals surface area contributed by atoms with E-state index in [1.807, 2.05) is 30.3 Å². The molecule has 6 heteroatoms. The standard InChI is InChI=1S/C19H25NO5/c1-19(2,3)25-17(22)15-12-20(11-7-10-16(15)21)18(23)24-13-14-8-5-4-6-9-14/h4-6,8-9,15H,7,10-13H2,1-3H3. The Morgan fingerprint density at radius 1 is 1.20 bits per heavy atom. The molecule has 1 aliphatic rings. The van der Waals surface area contributed by atoms with Crippen molar-refractivity contribution in [1.82, 2.24) is 4.90 Å². The van der Waals surface area contributed by atoms with Crippen LogP contribution in [-0.2, 0) is 25.7 Å². The Hall–Kier alpha value is -2.37. The SMILES string of the molecule is CC(C)(C)OC(=O)C1CN(C(=O)OCc2ccccc2)CCCC1=O. The van der Waals surface area contributed by atoms with E-state index in [0.717, 1.165) is 5.56 Å². The van der Waals surface area contributed by atoms with Crippen LogP contribution in [0, 0.1) is 5.92 Å². The summed E-state index contributed by atoms with van der Waals surface area (Å²) in [6.07, 6.45) is 0.248. The zero-order chi connectivity index (χ0) is 18.4. The molecule has 1 unspecified atom stereocenters. The fourth-order valence-electron chi connectivity index (χ4n) is 2.59. The van der Waals surface area contributed by atoms with E-state index >= 15 is 0 Å². The van der Waals surface area contributed by atoms with Gasteiger partial charge in [0, 0.05) is 19.5 Å². The third-order valence-corrected chi connectivity index (χ3v) is 3.80. The molecule has 0 bridgehead atoms. The number of ether oxygens (including phenoxy) is 2.